The van der Waals surface area contributed by atoms with Crippen LogP contribution in [0.15, 0.2) is 32.0 Å². The summed E-state index contributed by atoms with van der Waals surface area (Å²) in [6.07, 6.45) is 2.96. The van der Waals surface area contributed by atoms with Gasteiger partial charge in [-0.2, -0.15) is 4.72 Å². The summed E-state index contributed by atoms with van der Waals surface area (Å²) in [6, 6.07) is 4.76. The molecule has 0 heterocycles. The summed E-state index contributed by atoms with van der Waals surface area (Å²) in [5.41, 5.74) is -1.40. The summed E-state index contributed by atoms with van der Waals surface area (Å²) in [7, 11) is -3.92. The number of hydrogen-bond donors (Lipinski definition) is 2. The maximum absolute atomic E-state index is 12.6. The van der Waals surface area contributed by atoms with Crippen LogP contribution < -0.4 is 4.72 Å². The van der Waals surface area contributed by atoms with Crippen LogP contribution in [0.1, 0.15) is 32.1 Å². The molecule has 116 valence electrons. The van der Waals surface area contributed by atoms with Crippen LogP contribution in [0.25, 0.3) is 0 Å². The monoisotopic (exact) mass is 439 g/mol. The van der Waals surface area contributed by atoms with Gasteiger partial charge in [0.2, 0.25) is 10.0 Å². The van der Waals surface area contributed by atoms with Crippen molar-refractivity contribution in [1.82, 2.24) is 4.72 Å². The Balaban J connectivity index is 2.39. The molecule has 1 aromatic rings. The van der Waals surface area contributed by atoms with E-state index in [2.05, 4.69) is 36.6 Å². The lowest BCUT2D eigenvalue weighted by Gasteiger charge is -2.33. The number of carbonyl (C=O) groups is 1. The largest absolute Gasteiger partial charge is 0.480 e. The number of halogens is 2. The van der Waals surface area contributed by atoms with Gasteiger partial charge in [0.05, 0.1) is 4.90 Å². The molecule has 8 heteroatoms. The third-order valence-electron chi connectivity index (χ3n) is 3.63. The van der Waals surface area contributed by atoms with Gasteiger partial charge in [0.15, 0.2) is 0 Å². The average molecular weight is 441 g/mol. The maximum atomic E-state index is 12.6. The Kier molecular flexibility index (Phi) is 5.12. The first-order valence-corrected chi connectivity index (χ1v) is 9.56. The van der Waals surface area contributed by atoms with Crippen molar-refractivity contribution in [2.75, 3.05) is 0 Å². The van der Waals surface area contributed by atoms with E-state index in [1.54, 1.807) is 12.1 Å². The fourth-order valence-corrected chi connectivity index (χ4v) is 5.43. The molecule has 2 rings (SSSR count). The van der Waals surface area contributed by atoms with Crippen LogP contribution in [0.5, 0.6) is 0 Å². The maximum Gasteiger partial charge on any atom is 0.324 e. The molecule has 0 saturated heterocycles. The Morgan fingerprint density at radius 1 is 1.19 bits per heavy atom. The van der Waals surface area contributed by atoms with Gasteiger partial charge in [0.25, 0.3) is 0 Å². The number of benzene rings is 1. The van der Waals surface area contributed by atoms with E-state index in [9.17, 15) is 18.3 Å². The van der Waals surface area contributed by atoms with Gasteiger partial charge in [-0.3, -0.25) is 4.79 Å². The molecule has 1 aliphatic carbocycles. The predicted molar refractivity (Wildman–Crippen MR) is 85.6 cm³/mol. The molecular weight excluding hydrogens is 426 g/mol. The van der Waals surface area contributed by atoms with Crippen molar-refractivity contribution in [1.29, 1.82) is 0 Å². The van der Waals surface area contributed by atoms with E-state index in [1.807, 2.05) is 0 Å². The highest BCUT2D eigenvalue weighted by Crippen LogP contribution is 2.32. The Morgan fingerprint density at radius 2 is 1.81 bits per heavy atom. The van der Waals surface area contributed by atoms with Crippen molar-refractivity contribution in [3.05, 3.63) is 27.1 Å². The molecular formula is C13H15Br2NO4S. The second kappa shape index (κ2) is 6.36. The third kappa shape index (κ3) is 3.67. The van der Waals surface area contributed by atoms with Crippen molar-refractivity contribution < 1.29 is 18.3 Å². The molecule has 21 heavy (non-hydrogen) atoms. The summed E-state index contributed by atoms with van der Waals surface area (Å²) in [5.74, 6) is -1.11. The standard InChI is InChI=1S/C13H15Br2NO4S/c14-9-4-5-10(15)11(8-9)21(19,20)16-13(12(17)18)6-2-1-3-7-13/h4-5,8,16H,1-3,6-7H2,(H,17,18). The van der Waals surface area contributed by atoms with Crippen LogP contribution in [0.3, 0.4) is 0 Å². The molecule has 5 nitrogen and oxygen atoms in total. The van der Waals surface area contributed by atoms with Gasteiger partial charge < -0.3 is 5.11 Å². The van der Waals surface area contributed by atoms with Crippen molar-refractivity contribution >= 4 is 47.9 Å². The molecule has 1 fully saturated rings. The first-order chi connectivity index (χ1) is 9.77. The quantitative estimate of drug-likeness (QED) is 0.752. The molecule has 0 amide bonds. The highest BCUT2D eigenvalue weighted by Gasteiger charge is 2.43. The normalized spacial score (nSPS) is 18.4. The molecule has 2 N–H and O–H groups in total. The lowest BCUT2D eigenvalue weighted by atomic mass is 9.83. The Hall–Kier alpha value is -0.440. The molecule has 0 unspecified atom stereocenters. The number of aliphatic carboxylic acids is 1. The summed E-state index contributed by atoms with van der Waals surface area (Å²) in [4.78, 5) is 11.6. The van der Waals surface area contributed by atoms with E-state index < -0.39 is 21.5 Å². The van der Waals surface area contributed by atoms with E-state index >= 15 is 0 Å². The topological polar surface area (TPSA) is 83.5 Å². The fourth-order valence-electron chi connectivity index (χ4n) is 2.51. The molecule has 0 radical (unpaired) electrons. The number of carboxylic acid groups (broad SMARTS) is 1. The molecule has 0 atom stereocenters. The first-order valence-electron chi connectivity index (χ1n) is 6.49. The van der Waals surface area contributed by atoms with Gasteiger partial charge in [0, 0.05) is 8.95 Å². The zero-order valence-corrected chi connectivity index (χ0v) is 15.1. The molecule has 1 saturated carbocycles. The Labute approximate surface area is 140 Å². The minimum absolute atomic E-state index is 0.0306. The van der Waals surface area contributed by atoms with Crippen LogP contribution >= 0.6 is 31.9 Å². The zero-order chi connectivity index (χ0) is 15.7. The van der Waals surface area contributed by atoms with Crippen LogP contribution in [-0.2, 0) is 14.8 Å². The minimum Gasteiger partial charge on any atom is -0.480 e. The highest BCUT2D eigenvalue weighted by atomic mass is 79.9. The molecule has 0 aromatic heterocycles. The second-order valence-electron chi connectivity index (χ2n) is 5.13. The molecule has 1 aromatic carbocycles. The van der Waals surface area contributed by atoms with Crippen LogP contribution in [0.2, 0.25) is 0 Å². The van der Waals surface area contributed by atoms with E-state index in [0.29, 0.717) is 34.6 Å². The smallest absolute Gasteiger partial charge is 0.324 e. The van der Waals surface area contributed by atoms with Crippen molar-refractivity contribution in [3.63, 3.8) is 0 Å². The lowest BCUT2D eigenvalue weighted by molar-refractivity contribution is -0.145. The number of hydrogen-bond acceptors (Lipinski definition) is 3. The summed E-state index contributed by atoms with van der Waals surface area (Å²) >= 11 is 6.43. The molecule has 1 aliphatic rings. The van der Waals surface area contributed by atoms with Crippen LogP contribution in [-0.4, -0.2) is 25.0 Å². The van der Waals surface area contributed by atoms with Gasteiger partial charge in [-0.05, 0) is 47.0 Å². The van der Waals surface area contributed by atoms with Gasteiger partial charge >= 0.3 is 5.97 Å². The molecule has 0 spiro atoms. The number of sulfonamides is 1. The first kappa shape index (κ1) is 16.9. The number of rotatable bonds is 4. The lowest BCUT2D eigenvalue weighted by Crippen LogP contribution is -2.55. The van der Waals surface area contributed by atoms with Crippen molar-refractivity contribution in [2.24, 2.45) is 0 Å². The molecule has 0 bridgehead atoms. The van der Waals surface area contributed by atoms with E-state index in [4.69, 9.17) is 0 Å². The summed E-state index contributed by atoms with van der Waals surface area (Å²) in [5, 5.41) is 9.47. The van der Waals surface area contributed by atoms with Gasteiger partial charge in [-0.25, -0.2) is 8.42 Å². The zero-order valence-electron chi connectivity index (χ0n) is 11.1. The summed E-state index contributed by atoms with van der Waals surface area (Å²) in [6.45, 7) is 0. The number of carboxylic acids is 1. The van der Waals surface area contributed by atoms with Gasteiger partial charge in [0.1, 0.15) is 5.54 Å². The van der Waals surface area contributed by atoms with Crippen molar-refractivity contribution in [2.45, 2.75) is 42.5 Å². The van der Waals surface area contributed by atoms with Gasteiger partial charge in [-0.15, -0.1) is 0 Å². The van der Waals surface area contributed by atoms with Crippen LogP contribution in [0.4, 0.5) is 0 Å². The van der Waals surface area contributed by atoms with Crippen LogP contribution in [0, 0.1) is 0 Å². The fraction of sp³-hybridized carbons (Fsp3) is 0.462. The third-order valence-corrected chi connectivity index (χ3v) is 6.65. The SMILES string of the molecule is O=C(O)C1(NS(=O)(=O)c2cc(Br)ccc2Br)CCCCC1. The number of nitrogens with one attached hydrogen (secondary N) is 1. The Morgan fingerprint density at radius 3 is 2.38 bits per heavy atom. The Bertz CT molecular complexity index is 654. The minimum atomic E-state index is -3.92. The van der Waals surface area contributed by atoms with E-state index in [0.717, 1.165) is 6.42 Å². The molecule has 0 aliphatic heterocycles. The van der Waals surface area contributed by atoms with E-state index in [-0.39, 0.29) is 4.90 Å². The summed E-state index contributed by atoms with van der Waals surface area (Å²) < 4.78 is 28.5. The predicted octanol–water partition coefficient (Wildman–Crippen LogP) is 3.28. The average Bonchev–Trinajstić information content (AvgIpc) is 2.42. The van der Waals surface area contributed by atoms with Gasteiger partial charge in [-0.1, -0.05) is 35.2 Å². The van der Waals surface area contributed by atoms with Crippen molar-refractivity contribution in [3.8, 4) is 0 Å². The van der Waals surface area contributed by atoms with E-state index in [1.165, 1.54) is 6.07 Å². The second-order valence-corrected chi connectivity index (χ2v) is 8.55. The highest BCUT2D eigenvalue weighted by molar-refractivity contribution is 9.11.